The number of carbonyl (C=O) groups excluding carboxylic acids is 1. The van der Waals surface area contributed by atoms with Crippen molar-refractivity contribution >= 4 is 23.5 Å². The molecule has 0 spiro atoms. The Hall–Kier alpha value is -2.62. The van der Waals surface area contributed by atoms with Gasteiger partial charge in [0.25, 0.3) is 0 Å². The number of hydrogen-bond acceptors (Lipinski definition) is 5. The predicted molar refractivity (Wildman–Crippen MR) is 111 cm³/mol. The molecule has 2 heterocycles. The minimum atomic E-state index is -4.41. The van der Waals surface area contributed by atoms with Gasteiger partial charge in [-0.1, -0.05) is 18.2 Å². The van der Waals surface area contributed by atoms with Gasteiger partial charge >= 0.3 is 12.2 Å². The molecule has 3 rings (SSSR count). The van der Waals surface area contributed by atoms with Crippen LogP contribution in [0.15, 0.2) is 42.6 Å². The Kier molecular flexibility index (Phi) is 7.67. The number of thioether (sulfide) groups is 1. The number of halogens is 3. The Morgan fingerprint density at radius 3 is 2.27 bits per heavy atom. The number of amides is 2. The molecule has 10 heteroatoms. The van der Waals surface area contributed by atoms with E-state index in [4.69, 9.17) is 0 Å². The zero-order valence-corrected chi connectivity index (χ0v) is 17.1. The summed E-state index contributed by atoms with van der Waals surface area (Å²) in [7, 11) is 0. The molecular weight excluding hydrogens is 417 g/mol. The van der Waals surface area contributed by atoms with Gasteiger partial charge in [-0.15, -0.1) is 0 Å². The summed E-state index contributed by atoms with van der Waals surface area (Å²) in [6, 6.07) is 10.7. The zero-order chi connectivity index (χ0) is 21.4. The second-order valence-electron chi connectivity index (χ2n) is 6.71. The molecule has 0 atom stereocenters. The Morgan fingerprint density at radius 2 is 1.67 bits per heavy atom. The molecule has 6 nitrogen and oxygen atoms in total. The largest absolute Gasteiger partial charge is 0.468 e. The van der Waals surface area contributed by atoms with Crippen molar-refractivity contribution in [2.24, 2.45) is 0 Å². The van der Waals surface area contributed by atoms with Crippen LogP contribution in [0.1, 0.15) is 11.1 Å². The van der Waals surface area contributed by atoms with Crippen LogP contribution in [0.25, 0.3) is 0 Å². The van der Waals surface area contributed by atoms with Crippen molar-refractivity contribution in [1.29, 1.82) is 0 Å². The van der Waals surface area contributed by atoms with Gasteiger partial charge in [0, 0.05) is 55.6 Å². The highest BCUT2D eigenvalue weighted by molar-refractivity contribution is 7.99. The summed E-state index contributed by atoms with van der Waals surface area (Å²) < 4.78 is 40.9. The van der Waals surface area contributed by atoms with Gasteiger partial charge in [-0.05, 0) is 23.3 Å². The number of rotatable bonds is 7. The Morgan fingerprint density at radius 1 is 1.03 bits per heavy atom. The highest BCUT2D eigenvalue weighted by Crippen LogP contribution is 2.20. The highest BCUT2D eigenvalue weighted by Gasteiger charge is 2.28. The third-order valence-electron chi connectivity index (χ3n) is 4.40. The number of benzene rings is 1. The molecule has 0 aliphatic carbocycles. The molecule has 1 aliphatic rings. The lowest BCUT2D eigenvalue weighted by atomic mass is 10.2. The molecular formula is C20H23F3N4O2S. The van der Waals surface area contributed by atoms with E-state index in [1.54, 1.807) is 6.07 Å². The summed E-state index contributed by atoms with van der Waals surface area (Å²) >= 11 is 1.97. The molecule has 0 bridgehead atoms. The number of aromatic nitrogens is 1. The lowest BCUT2D eigenvalue weighted by Crippen LogP contribution is -2.34. The Bertz CT molecular complexity index is 810. The van der Waals surface area contributed by atoms with Crippen LogP contribution >= 0.6 is 11.8 Å². The summed E-state index contributed by atoms with van der Waals surface area (Å²) in [5.41, 5.74) is 2.83. The van der Waals surface area contributed by atoms with E-state index in [1.165, 1.54) is 18.0 Å². The van der Waals surface area contributed by atoms with Crippen molar-refractivity contribution in [3.63, 3.8) is 0 Å². The first-order valence-electron chi connectivity index (χ1n) is 9.47. The summed E-state index contributed by atoms with van der Waals surface area (Å²) in [5.74, 6) is 2.16. The van der Waals surface area contributed by atoms with Crippen LogP contribution < -0.4 is 20.3 Å². The van der Waals surface area contributed by atoms with Gasteiger partial charge in [0.2, 0.25) is 5.88 Å². The first-order valence-corrected chi connectivity index (χ1v) is 10.6. The Balaban J connectivity index is 1.38. The van der Waals surface area contributed by atoms with Gasteiger partial charge < -0.3 is 20.3 Å². The van der Waals surface area contributed by atoms with E-state index in [9.17, 15) is 18.0 Å². The third kappa shape index (κ3) is 7.33. The normalized spacial score (nSPS) is 14.3. The highest BCUT2D eigenvalue weighted by atomic mass is 32.2. The number of alkyl halides is 3. The second kappa shape index (κ2) is 10.4. The zero-order valence-electron chi connectivity index (χ0n) is 16.2. The minimum absolute atomic E-state index is 0.118. The summed E-state index contributed by atoms with van der Waals surface area (Å²) in [6.07, 6.45) is -3.04. The number of nitrogens with one attached hydrogen (secondary N) is 2. The number of nitrogens with zero attached hydrogens (tertiary/aromatic N) is 2. The Labute approximate surface area is 177 Å². The van der Waals surface area contributed by atoms with E-state index >= 15 is 0 Å². The van der Waals surface area contributed by atoms with E-state index < -0.39 is 12.8 Å². The van der Waals surface area contributed by atoms with Gasteiger partial charge in [0.1, 0.15) is 0 Å². The van der Waals surface area contributed by atoms with E-state index in [2.05, 4.69) is 37.4 Å². The van der Waals surface area contributed by atoms with Gasteiger partial charge in [-0.25, -0.2) is 9.78 Å². The molecule has 1 aromatic heterocycles. The van der Waals surface area contributed by atoms with E-state index in [0.717, 1.165) is 30.2 Å². The smallest absolute Gasteiger partial charge is 0.422 e. The van der Waals surface area contributed by atoms with Crippen molar-refractivity contribution in [1.82, 2.24) is 15.6 Å². The molecule has 0 saturated carbocycles. The van der Waals surface area contributed by atoms with Crippen LogP contribution in [-0.4, -0.2) is 48.4 Å². The van der Waals surface area contributed by atoms with Crippen LogP contribution in [0.3, 0.4) is 0 Å². The van der Waals surface area contributed by atoms with Crippen molar-refractivity contribution in [3.8, 4) is 5.88 Å². The fraction of sp³-hybridized carbons (Fsp3) is 0.400. The van der Waals surface area contributed by atoms with Crippen molar-refractivity contribution in [2.45, 2.75) is 19.3 Å². The summed E-state index contributed by atoms with van der Waals surface area (Å²) in [4.78, 5) is 18.1. The van der Waals surface area contributed by atoms with Crippen LogP contribution in [0.4, 0.5) is 23.7 Å². The predicted octanol–water partition coefficient (Wildman–Crippen LogP) is 3.58. The van der Waals surface area contributed by atoms with Crippen molar-refractivity contribution in [3.05, 3.63) is 53.7 Å². The number of hydrogen-bond donors (Lipinski definition) is 2. The molecule has 1 aromatic carbocycles. The quantitative estimate of drug-likeness (QED) is 0.689. The van der Waals surface area contributed by atoms with Crippen LogP contribution in [0.2, 0.25) is 0 Å². The second-order valence-corrected chi connectivity index (χ2v) is 7.94. The summed E-state index contributed by atoms with van der Waals surface area (Å²) in [5, 5.41) is 5.47. The molecule has 2 amide bonds. The topological polar surface area (TPSA) is 66.5 Å². The average molecular weight is 440 g/mol. The molecule has 0 radical (unpaired) electrons. The van der Waals surface area contributed by atoms with E-state index in [-0.39, 0.29) is 18.5 Å². The fourth-order valence-corrected chi connectivity index (χ4v) is 3.73. The van der Waals surface area contributed by atoms with Crippen LogP contribution in [0, 0.1) is 0 Å². The first kappa shape index (κ1) is 22.1. The molecule has 30 heavy (non-hydrogen) atoms. The fourth-order valence-electron chi connectivity index (χ4n) is 2.83. The molecule has 2 aromatic rings. The van der Waals surface area contributed by atoms with E-state index in [1.807, 2.05) is 23.9 Å². The van der Waals surface area contributed by atoms with Gasteiger partial charge in [-0.3, -0.25) is 0 Å². The number of anilines is 1. The molecule has 1 aliphatic heterocycles. The molecule has 1 saturated heterocycles. The van der Waals surface area contributed by atoms with E-state index in [0.29, 0.717) is 12.1 Å². The number of pyridine rings is 1. The van der Waals surface area contributed by atoms with Crippen LogP contribution in [0.5, 0.6) is 5.88 Å². The summed E-state index contributed by atoms with van der Waals surface area (Å²) in [6.45, 7) is 1.30. The number of ether oxygens (including phenoxy) is 1. The van der Waals surface area contributed by atoms with Crippen molar-refractivity contribution < 1.29 is 22.7 Å². The standard InChI is InChI=1S/C20H23F3N4O2S/c21-20(22,23)14-29-18-6-3-16(12-24-18)13-26-19(28)25-11-15-1-4-17(5-2-15)27-7-9-30-10-8-27/h1-6,12H,7-11,13-14H2,(H2,25,26,28). The van der Waals surface area contributed by atoms with Crippen molar-refractivity contribution in [2.75, 3.05) is 36.1 Å². The van der Waals surface area contributed by atoms with Gasteiger partial charge in [0.15, 0.2) is 6.61 Å². The first-order chi connectivity index (χ1) is 14.4. The number of urea groups is 1. The van der Waals surface area contributed by atoms with Gasteiger partial charge in [0.05, 0.1) is 0 Å². The lowest BCUT2D eigenvalue weighted by molar-refractivity contribution is -0.154. The maximum absolute atomic E-state index is 12.1. The SMILES string of the molecule is O=C(NCc1ccc(N2CCSCC2)cc1)NCc1ccc(OCC(F)(F)F)nc1. The average Bonchev–Trinajstić information content (AvgIpc) is 2.76. The monoisotopic (exact) mass is 440 g/mol. The van der Waals surface area contributed by atoms with Crippen LogP contribution in [-0.2, 0) is 13.1 Å². The molecule has 2 N–H and O–H groups in total. The number of carbonyl (C=O) groups is 1. The maximum Gasteiger partial charge on any atom is 0.422 e. The maximum atomic E-state index is 12.1. The van der Waals surface area contributed by atoms with Gasteiger partial charge in [-0.2, -0.15) is 24.9 Å². The third-order valence-corrected chi connectivity index (χ3v) is 5.34. The molecule has 0 unspecified atom stereocenters. The minimum Gasteiger partial charge on any atom is -0.468 e. The molecule has 1 fully saturated rings. The molecule has 162 valence electrons. The lowest BCUT2D eigenvalue weighted by Gasteiger charge is -2.28.